The average Bonchev–Trinajstić information content (AvgIpc) is 2.67. The summed E-state index contributed by atoms with van der Waals surface area (Å²) in [7, 11) is 0. The molecule has 6 heteroatoms. The molecule has 3 rings (SSSR count). The Hall–Kier alpha value is -2.31. The Morgan fingerprint density at radius 3 is 2.44 bits per heavy atom. The molecule has 142 valence electrons. The smallest absolute Gasteiger partial charge is 0.227 e. The van der Waals surface area contributed by atoms with Gasteiger partial charge in [-0.3, -0.25) is 0 Å². The van der Waals surface area contributed by atoms with E-state index in [2.05, 4.69) is 65.2 Å². The zero-order valence-corrected chi connectivity index (χ0v) is 17.1. The van der Waals surface area contributed by atoms with E-state index in [0.29, 0.717) is 5.95 Å². The van der Waals surface area contributed by atoms with E-state index in [4.69, 9.17) is 4.98 Å². The van der Waals surface area contributed by atoms with Crippen molar-refractivity contribution in [2.24, 2.45) is 0 Å². The fourth-order valence-electron chi connectivity index (χ4n) is 2.94. The summed E-state index contributed by atoms with van der Waals surface area (Å²) in [5.41, 5.74) is 4.37. The van der Waals surface area contributed by atoms with E-state index in [1.807, 2.05) is 13.0 Å². The molecular formula is C21H27N5S. The molecule has 2 N–H and O–H groups in total. The Bertz CT molecular complexity index is 819. The molecule has 1 saturated heterocycles. The number of allylic oxidation sites excluding steroid dienone is 2. The van der Waals surface area contributed by atoms with Gasteiger partial charge in [0.1, 0.15) is 0 Å². The number of piperazine rings is 1. The van der Waals surface area contributed by atoms with Crippen molar-refractivity contribution >= 4 is 34.0 Å². The monoisotopic (exact) mass is 381 g/mol. The molecule has 0 unspecified atom stereocenters. The molecular weight excluding hydrogens is 354 g/mol. The van der Waals surface area contributed by atoms with Crippen LogP contribution in [0.3, 0.4) is 0 Å². The number of anilines is 3. The molecule has 0 aliphatic carbocycles. The van der Waals surface area contributed by atoms with Crippen LogP contribution in [0.4, 0.5) is 17.3 Å². The molecule has 1 aromatic carbocycles. The van der Waals surface area contributed by atoms with Gasteiger partial charge in [0.15, 0.2) is 0 Å². The molecule has 1 fully saturated rings. The van der Waals surface area contributed by atoms with Crippen LogP contribution >= 0.6 is 11.8 Å². The minimum atomic E-state index is 0.600. The highest BCUT2D eigenvalue weighted by Gasteiger charge is 2.11. The normalized spacial score (nSPS) is 14.0. The summed E-state index contributed by atoms with van der Waals surface area (Å²) in [5.74, 6) is 0.600. The van der Waals surface area contributed by atoms with E-state index < -0.39 is 0 Å². The predicted octanol–water partition coefficient (Wildman–Crippen LogP) is 4.65. The minimum absolute atomic E-state index is 0.600. The first-order chi connectivity index (χ1) is 13.0. The molecule has 0 radical (unpaired) electrons. The van der Waals surface area contributed by atoms with Gasteiger partial charge in [0.05, 0.1) is 5.69 Å². The second-order valence-electron chi connectivity index (χ2n) is 6.81. The van der Waals surface area contributed by atoms with E-state index in [1.54, 1.807) is 18.0 Å². The fraction of sp³-hybridized carbons (Fsp3) is 0.333. The van der Waals surface area contributed by atoms with Crippen molar-refractivity contribution in [3.63, 3.8) is 0 Å². The number of thioether (sulfide) groups is 1. The van der Waals surface area contributed by atoms with Crippen molar-refractivity contribution in [1.29, 1.82) is 0 Å². The van der Waals surface area contributed by atoms with Crippen molar-refractivity contribution in [3.8, 4) is 0 Å². The lowest BCUT2D eigenvalue weighted by molar-refractivity contribution is 0.589. The number of hydrogen-bond acceptors (Lipinski definition) is 6. The molecule has 0 spiro atoms. The van der Waals surface area contributed by atoms with Gasteiger partial charge in [-0.25, -0.2) is 9.97 Å². The first-order valence-corrected chi connectivity index (χ1v) is 10.0. The minimum Gasteiger partial charge on any atom is -0.369 e. The fourth-order valence-corrected chi connectivity index (χ4v) is 3.71. The third-order valence-corrected chi connectivity index (χ3v) is 5.39. The van der Waals surface area contributed by atoms with Crippen molar-refractivity contribution < 1.29 is 0 Å². The van der Waals surface area contributed by atoms with Gasteiger partial charge in [-0.1, -0.05) is 23.9 Å². The van der Waals surface area contributed by atoms with Crippen LogP contribution in [0.5, 0.6) is 0 Å². The molecule has 0 bridgehead atoms. The van der Waals surface area contributed by atoms with E-state index in [9.17, 15) is 0 Å². The Labute approximate surface area is 166 Å². The van der Waals surface area contributed by atoms with Crippen molar-refractivity contribution in [1.82, 2.24) is 15.3 Å². The lowest BCUT2D eigenvalue weighted by atomic mass is 10.2. The Morgan fingerprint density at radius 1 is 1.11 bits per heavy atom. The number of nitrogens with zero attached hydrogens (tertiary/aromatic N) is 3. The number of rotatable bonds is 6. The quantitative estimate of drug-likeness (QED) is 0.760. The van der Waals surface area contributed by atoms with Gasteiger partial charge in [0.25, 0.3) is 0 Å². The summed E-state index contributed by atoms with van der Waals surface area (Å²) in [4.78, 5) is 13.6. The average molecular weight is 382 g/mol. The molecule has 0 amide bonds. The van der Waals surface area contributed by atoms with Gasteiger partial charge in [-0.05, 0) is 56.0 Å². The first kappa shape index (κ1) is 19.5. The molecule has 1 aliphatic heterocycles. The van der Waals surface area contributed by atoms with Crippen molar-refractivity contribution in [3.05, 3.63) is 59.3 Å². The third kappa shape index (κ3) is 5.34. The van der Waals surface area contributed by atoms with Gasteiger partial charge in [-0.2, -0.15) is 0 Å². The van der Waals surface area contributed by atoms with Gasteiger partial charge in [0.2, 0.25) is 5.95 Å². The lowest BCUT2D eigenvalue weighted by Gasteiger charge is -2.29. The van der Waals surface area contributed by atoms with Crippen molar-refractivity contribution in [2.45, 2.75) is 20.8 Å². The molecule has 1 aromatic heterocycles. The van der Waals surface area contributed by atoms with E-state index in [1.165, 1.54) is 11.3 Å². The Balaban J connectivity index is 1.74. The molecule has 2 aromatic rings. The van der Waals surface area contributed by atoms with Gasteiger partial charge in [0, 0.05) is 48.7 Å². The van der Waals surface area contributed by atoms with E-state index in [0.717, 1.165) is 47.4 Å². The molecule has 2 heterocycles. The van der Waals surface area contributed by atoms with Crippen LogP contribution in [0.15, 0.2) is 53.6 Å². The van der Waals surface area contributed by atoms with Crippen LogP contribution in [-0.4, -0.2) is 36.1 Å². The molecule has 0 atom stereocenters. The lowest BCUT2D eigenvalue weighted by Crippen LogP contribution is -2.43. The highest BCUT2D eigenvalue weighted by atomic mass is 32.2. The second kappa shape index (κ2) is 9.06. The molecule has 5 nitrogen and oxygen atoms in total. The van der Waals surface area contributed by atoms with Crippen LogP contribution in [0.25, 0.3) is 4.91 Å². The van der Waals surface area contributed by atoms with E-state index >= 15 is 0 Å². The highest BCUT2D eigenvalue weighted by Crippen LogP contribution is 2.34. The maximum atomic E-state index is 4.69. The van der Waals surface area contributed by atoms with Gasteiger partial charge < -0.3 is 15.5 Å². The SMILES string of the molecule is C=C(C)SC(=C(C)C)c1ccnc(Nc2ccc(N3CCNCC3)cc2)n1. The predicted molar refractivity (Wildman–Crippen MR) is 118 cm³/mol. The van der Waals surface area contributed by atoms with Crippen LogP contribution in [0.1, 0.15) is 26.5 Å². The largest absolute Gasteiger partial charge is 0.369 e. The maximum Gasteiger partial charge on any atom is 0.227 e. The Morgan fingerprint density at radius 2 is 1.81 bits per heavy atom. The third-order valence-electron chi connectivity index (χ3n) is 4.22. The second-order valence-corrected chi connectivity index (χ2v) is 8.12. The van der Waals surface area contributed by atoms with E-state index in [-0.39, 0.29) is 0 Å². The number of hydrogen-bond donors (Lipinski definition) is 2. The maximum absolute atomic E-state index is 4.69. The topological polar surface area (TPSA) is 53.1 Å². The zero-order valence-electron chi connectivity index (χ0n) is 16.2. The Kier molecular flexibility index (Phi) is 6.53. The first-order valence-electron chi connectivity index (χ1n) is 9.20. The molecule has 1 aliphatic rings. The summed E-state index contributed by atoms with van der Waals surface area (Å²) in [5, 5.41) is 6.70. The number of aromatic nitrogens is 2. The molecule has 0 saturated carbocycles. The van der Waals surface area contributed by atoms with Crippen LogP contribution in [0.2, 0.25) is 0 Å². The van der Waals surface area contributed by atoms with Gasteiger partial charge in [-0.15, -0.1) is 0 Å². The molecule has 27 heavy (non-hydrogen) atoms. The number of nitrogens with one attached hydrogen (secondary N) is 2. The highest BCUT2D eigenvalue weighted by molar-refractivity contribution is 8.11. The van der Waals surface area contributed by atoms with Crippen LogP contribution < -0.4 is 15.5 Å². The zero-order chi connectivity index (χ0) is 19.2. The standard InChI is InChI=1S/C21H27N5S/c1-15(2)20(27-16(3)4)19-9-10-23-21(25-19)24-17-5-7-18(8-6-17)26-13-11-22-12-14-26/h5-10,22H,3,11-14H2,1-2,4H3,(H,23,24,25). The van der Waals surface area contributed by atoms with Crippen LogP contribution in [-0.2, 0) is 0 Å². The van der Waals surface area contributed by atoms with Gasteiger partial charge >= 0.3 is 0 Å². The summed E-state index contributed by atoms with van der Waals surface area (Å²) in [6.07, 6.45) is 1.79. The van der Waals surface area contributed by atoms with Crippen molar-refractivity contribution in [2.75, 3.05) is 36.4 Å². The number of benzene rings is 1. The van der Waals surface area contributed by atoms with Crippen LogP contribution in [0, 0.1) is 0 Å². The summed E-state index contributed by atoms with van der Waals surface area (Å²) >= 11 is 1.65. The summed E-state index contributed by atoms with van der Waals surface area (Å²) in [6, 6.07) is 10.4. The summed E-state index contributed by atoms with van der Waals surface area (Å²) < 4.78 is 0. The summed E-state index contributed by atoms with van der Waals surface area (Å²) in [6.45, 7) is 14.4.